The van der Waals surface area contributed by atoms with Gasteiger partial charge in [0.2, 0.25) is 0 Å². The molecule has 13 heavy (non-hydrogen) atoms. The topological polar surface area (TPSA) is 43.1 Å². The van der Waals surface area contributed by atoms with E-state index in [9.17, 15) is 4.79 Å². The van der Waals surface area contributed by atoms with Crippen LogP contribution in [0, 0.1) is 5.41 Å². The van der Waals surface area contributed by atoms with E-state index in [1.165, 1.54) is 0 Å². The molecule has 0 saturated carbocycles. The molecule has 1 unspecified atom stereocenters. The Morgan fingerprint density at radius 2 is 1.62 bits per heavy atom. The number of rotatable bonds is 6. The fourth-order valence-corrected chi connectivity index (χ4v) is 1.54. The standard InChI is InChI=1S/C11H23NO/c1-5-10(4,6-2)8-11(12,7-3)9-13/h9H,5-8,12H2,1-4H3. The van der Waals surface area contributed by atoms with Crippen LogP contribution in [0.25, 0.3) is 0 Å². The van der Waals surface area contributed by atoms with Gasteiger partial charge in [0, 0.05) is 0 Å². The molecule has 0 aliphatic rings. The molecule has 78 valence electrons. The number of hydrogen-bond acceptors (Lipinski definition) is 2. The molecule has 0 spiro atoms. The molecule has 0 fully saturated rings. The van der Waals surface area contributed by atoms with Crippen LogP contribution in [0.4, 0.5) is 0 Å². The van der Waals surface area contributed by atoms with Crippen molar-refractivity contribution in [3.63, 3.8) is 0 Å². The molecule has 0 aliphatic heterocycles. The van der Waals surface area contributed by atoms with E-state index in [0.29, 0.717) is 0 Å². The zero-order valence-corrected chi connectivity index (χ0v) is 9.39. The number of nitrogens with two attached hydrogens (primary N) is 1. The van der Waals surface area contributed by atoms with Crippen LogP contribution in [0.2, 0.25) is 0 Å². The largest absolute Gasteiger partial charge is 0.319 e. The van der Waals surface area contributed by atoms with Gasteiger partial charge in [-0.25, -0.2) is 0 Å². The van der Waals surface area contributed by atoms with Crippen LogP contribution in [0.3, 0.4) is 0 Å². The molecular weight excluding hydrogens is 162 g/mol. The average Bonchev–Trinajstić information content (AvgIpc) is 2.17. The van der Waals surface area contributed by atoms with E-state index in [4.69, 9.17) is 5.73 Å². The highest BCUT2D eigenvalue weighted by molar-refractivity contribution is 5.63. The van der Waals surface area contributed by atoms with E-state index >= 15 is 0 Å². The fraction of sp³-hybridized carbons (Fsp3) is 0.909. The lowest BCUT2D eigenvalue weighted by molar-refractivity contribution is -0.113. The van der Waals surface area contributed by atoms with Gasteiger partial charge < -0.3 is 10.5 Å². The van der Waals surface area contributed by atoms with Crippen LogP contribution in [-0.4, -0.2) is 11.8 Å². The molecule has 0 aromatic carbocycles. The van der Waals surface area contributed by atoms with Crippen molar-refractivity contribution in [2.45, 2.75) is 58.9 Å². The predicted molar refractivity (Wildman–Crippen MR) is 56.6 cm³/mol. The van der Waals surface area contributed by atoms with Crippen molar-refractivity contribution in [1.82, 2.24) is 0 Å². The summed E-state index contributed by atoms with van der Waals surface area (Å²) < 4.78 is 0. The van der Waals surface area contributed by atoms with Crippen molar-refractivity contribution in [3.05, 3.63) is 0 Å². The number of carbonyl (C=O) groups excluding carboxylic acids is 1. The summed E-state index contributed by atoms with van der Waals surface area (Å²) in [6.07, 6.45) is 4.60. The summed E-state index contributed by atoms with van der Waals surface area (Å²) >= 11 is 0. The van der Waals surface area contributed by atoms with Crippen molar-refractivity contribution >= 4 is 6.29 Å². The first-order valence-electron chi connectivity index (χ1n) is 5.20. The first-order chi connectivity index (χ1) is 5.95. The van der Waals surface area contributed by atoms with Crippen LogP contribution < -0.4 is 5.73 Å². The van der Waals surface area contributed by atoms with E-state index in [1.54, 1.807) is 0 Å². The van der Waals surface area contributed by atoms with Gasteiger partial charge in [0.05, 0.1) is 5.54 Å². The molecular formula is C11H23NO. The van der Waals surface area contributed by atoms with E-state index in [2.05, 4.69) is 20.8 Å². The lowest BCUT2D eigenvalue weighted by atomic mass is 9.73. The van der Waals surface area contributed by atoms with Gasteiger partial charge in [-0.05, 0) is 18.3 Å². The SMILES string of the molecule is CCC(N)(C=O)CC(C)(CC)CC. The third kappa shape index (κ3) is 3.47. The third-order valence-corrected chi connectivity index (χ3v) is 3.36. The summed E-state index contributed by atoms with van der Waals surface area (Å²) in [7, 11) is 0. The highest BCUT2D eigenvalue weighted by atomic mass is 16.1. The Morgan fingerprint density at radius 3 is 1.85 bits per heavy atom. The van der Waals surface area contributed by atoms with E-state index in [0.717, 1.165) is 32.0 Å². The molecule has 0 bridgehead atoms. The van der Waals surface area contributed by atoms with Gasteiger partial charge in [-0.15, -0.1) is 0 Å². The van der Waals surface area contributed by atoms with Gasteiger partial charge in [0.15, 0.2) is 0 Å². The third-order valence-electron chi connectivity index (χ3n) is 3.36. The zero-order valence-electron chi connectivity index (χ0n) is 9.39. The van der Waals surface area contributed by atoms with Crippen molar-refractivity contribution in [1.29, 1.82) is 0 Å². The van der Waals surface area contributed by atoms with Gasteiger partial charge in [-0.2, -0.15) is 0 Å². The van der Waals surface area contributed by atoms with Gasteiger partial charge >= 0.3 is 0 Å². The van der Waals surface area contributed by atoms with Crippen LogP contribution >= 0.6 is 0 Å². The normalized spacial score (nSPS) is 16.7. The molecule has 0 radical (unpaired) electrons. The summed E-state index contributed by atoms with van der Waals surface area (Å²) in [6.45, 7) is 8.49. The minimum Gasteiger partial charge on any atom is -0.319 e. The number of carbonyl (C=O) groups is 1. The number of aldehydes is 1. The van der Waals surface area contributed by atoms with E-state index < -0.39 is 5.54 Å². The van der Waals surface area contributed by atoms with E-state index in [1.807, 2.05) is 6.92 Å². The quantitative estimate of drug-likeness (QED) is 0.646. The molecule has 0 saturated heterocycles. The Hall–Kier alpha value is -0.370. The maximum absolute atomic E-state index is 10.8. The zero-order chi connectivity index (χ0) is 10.5. The lowest BCUT2D eigenvalue weighted by Gasteiger charge is -2.34. The van der Waals surface area contributed by atoms with Gasteiger partial charge in [0.25, 0.3) is 0 Å². The van der Waals surface area contributed by atoms with Gasteiger partial charge in [-0.3, -0.25) is 0 Å². The molecule has 2 heteroatoms. The second-order valence-corrected chi connectivity index (χ2v) is 4.40. The monoisotopic (exact) mass is 185 g/mol. The minimum atomic E-state index is -0.610. The van der Waals surface area contributed by atoms with Crippen molar-refractivity contribution in [2.75, 3.05) is 0 Å². The summed E-state index contributed by atoms with van der Waals surface area (Å²) in [4.78, 5) is 10.8. The maximum Gasteiger partial charge on any atom is 0.139 e. The van der Waals surface area contributed by atoms with Crippen LogP contribution in [0.15, 0.2) is 0 Å². The van der Waals surface area contributed by atoms with E-state index in [-0.39, 0.29) is 5.41 Å². The van der Waals surface area contributed by atoms with Crippen LogP contribution in [0.5, 0.6) is 0 Å². The number of hydrogen-bond donors (Lipinski definition) is 1. The molecule has 0 heterocycles. The molecule has 1 atom stereocenters. The van der Waals surface area contributed by atoms with Crippen molar-refractivity contribution in [2.24, 2.45) is 11.1 Å². The van der Waals surface area contributed by atoms with Crippen LogP contribution in [-0.2, 0) is 4.79 Å². The minimum absolute atomic E-state index is 0.214. The molecule has 2 nitrogen and oxygen atoms in total. The lowest BCUT2D eigenvalue weighted by Crippen LogP contribution is -2.45. The van der Waals surface area contributed by atoms with Gasteiger partial charge in [0.1, 0.15) is 6.29 Å². The van der Waals surface area contributed by atoms with Gasteiger partial charge in [-0.1, -0.05) is 40.5 Å². The molecule has 0 amide bonds. The maximum atomic E-state index is 10.8. The summed E-state index contributed by atoms with van der Waals surface area (Å²) in [5.74, 6) is 0. The Bertz CT molecular complexity index is 163. The van der Waals surface area contributed by atoms with Crippen LogP contribution in [0.1, 0.15) is 53.4 Å². The summed E-state index contributed by atoms with van der Waals surface area (Å²) in [5, 5.41) is 0. The molecule has 0 rings (SSSR count). The molecule has 2 N–H and O–H groups in total. The Morgan fingerprint density at radius 1 is 1.15 bits per heavy atom. The van der Waals surface area contributed by atoms with Crippen molar-refractivity contribution in [3.8, 4) is 0 Å². The fourth-order valence-electron chi connectivity index (χ4n) is 1.54. The second-order valence-electron chi connectivity index (χ2n) is 4.40. The average molecular weight is 185 g/mol. The predicted octanol–water partition coefficient (Wildman–Crippen LogP) is 2.51. The molecule has 0 aromatic rings. The summed E-state index contributed by atoms with van der Waals surface area (Å²) in [6, 6.07) is 0. The first kappa shape index (κ1) is 12.6. The Balaban J connectivity index is 4.45. The molecule has 0 aromatic heterocycles. The Kier molecular flexibility index (Phi) is 4.62. The summed E-state index contributed by atoms with van der Waals surface area (Å²) in [5.41, 5.74) is 5.57. The highest BCUT2D eigenvalue weighted by Crippen LogP contribution is 2.34. The first-order valence-corrected chi connectivity index (χ1v) is 5.20. The highest BCUT2D eigenvalue weighted by Gasteiger charge is 2.32. The van der Waals surface area contributed by atoms with Crippen molar-refractivity contribution < 1.29 is 4.79 Å². The molecule has 0 aliphatic carbocycles. The second kappa shape index (κ2) is 4.75. The Labute approximate surface area is 81.9 Å². The smallest absolute Gasteiger partial charge is 0.139 e.